The number of ether oxygens (including phenoxy) is 3. The van der Waals surface area contributed by atoms with Crippen LogP contribution in [-0.2, 0) is 24.2 Å². The van der Waals surface area contributed by atoms with E-state index in [-0.39, 0.29) is 11.7 Å². The number of para-hydroxylation sites is 1. The van der Waals surface area contributed by atoms with Crippen LogP contribution >= 0.6 is 0 Å². The molecule has 6 nitrogen and oxygen atoms in total. The summed E-state index contributed by atoms with van der Waals surface area (Å²) in [5.41, 5.74) is 3.65. The van der Waals surface area contributed by atoms with E-state index in [2.05, 4.69) is 5.32 Å². The maximum atomic E-state index is 14.2. The number of fused-ring (bicyclic) bond motifs is 1. The number of methoxy groups -OCH3 is 3. The van der Waals surface area contributed by atoms with Gasteiger partial charge in [0.1, 0.15) is 5.82 Å². The van der Waals surface area contributed by atoms with E-state index < -0.39 is 0 Å². The second kappa shape index (κ2) is 11.6. The molecule has 36 heavy (non-hydrogen) atoms. The Morgan fingerprint density at radius 3 is 2.33 bits per heavy atom. The molecular formula is C29H31FN2O4. The summed E-state index contributed by atoms with van der Waals surface area (Å²) < 4.78 is 32.5. The number of amides is 1. The molecule has 7 heteroatoms. The molecular weight excluding hydrogens is 459 g/mol. The van der Waals surface area contributed by atoms with Gasteiger partial charge in [0.25, 0.3) is 0 Å². The number of carbonyl (C=O) groups excluding carboxylic acids is 1. The third-order valence-corrected chi connectivity index (χ3v) is 6.29. The normalized spacial score (nSPS) is 10.9. The van der Waals surface area contributed by atoms with E-state index in [1.54, 1.807) is 33.5 Å². The predicted molar refractivity (Wildman–Crippen MR) is 139 cm³/mol. The number of carbonyl (C=O) groups is 1. The van der Waals surface area contributed by atoms with E-state index in [1.807, 2.05) is 53.2 Å². The first kappa shape index (κ1) is 25.1. The summed E-state index contributed by atoms with van der Waals surface area (Å²) in [6.45, 7) is 0.909. The minimum Gasteiger partial charge on any atom is -0.493 e. The van der Waals surface area contributed by atoms with Crippen LogP contribution in [0, 0.1) is 5.82 Å². The molecule has 0 saturated carbocycles. The Morgan fingerprint density at radius 2 is 1.58 bits per heavy atom. The van der Waals surface area contributed by atoms with Gasteiger partial charge < -0.3 is 24.1 Å². The molecule has 0 saturated heterocycles. The molecule has 4 aromatic rings. The Morgan fingerprint density at radius 1 is 0.833 bits per heavy atom. The molecule has 1 N–H and O–H groups in total. The van der Waals surface area contributed by atoms with Crippen LogP contribution in [0.5, 0.6) is 17.2 Å². The number of halogens is 1. The summed E-state index contributed by atoms with van der Waals surface area (Å²) in [5.74, 6) is 1.49. The molecule has 0 radical (unpaired) electrons. The molecule has 0 aliphatic rings. The molecule has 0 unspecified atom stereocenters. The highest BCUT2D eigenvalue weighted by atomic mass is 19.1. The number of aryl methyl sites for hydroxylation is 1. The molecule has 4 rings (SSSR count). The first-order chi connectivity index (χ1) is 17.5. The molecule has 1 aromatic heterocycles. The van der Waals surface area contributed by atoms with Gasteiger partial charge in [0.05, 0.1) is 27.9 Å². The maximum absolute atomic E-state index is 14.2. The van der Waals surface area contributed by atoms with Gasteiger partial charge >= 0.3 is 0 Å². The maximum Gasteiger partial charge on any atom is 0.220 e. The van der Waals surface area contributed by atoms with E-state index in [0.717, 1.165) is 22.0 Å². The molecule has 0 atom stereocenters. The van der Waals surface area contributed by atoms with E-state index in [4.69, 9.17) is 14.2 Å². The zero-order valence-electron chi connectivity index (χ0n) is 20.8. The summed E-state index contributed by atoms with van der Waals surface area (Å²) in [4.78, 5) is 12.6. The second-order valence-corrected chi connectivity index (χ2v) is 8.48. The van der Waals surface area contributed by atoms with Gasteiger partial charge in [-0.05, 0) is 36.6 Å². The zero-order valence-corrected chi connectivity index (χ0v) is 20.8. The van der Waals surface area contributed by atoms with Crippen molar-refractivity contribution in [3.63, 3.8) is 0 Å². The first-order valence-electron chi connectivity index (χ1n) is 11.9. The predicted octanol–water partition coefficient (Wildman–Crippen LogP) is 5.15. The average molecular weight is 491 g/mol. The molecule has 1 amide bonds. The van der Waals surface area contributed by atoms with Crippen LogP contribution in [0.25, 0.3) is 10.9 Å². The molecule has 188 valence electrons. The Balaban J connectivity index is 1.38. The van der Waals surface area contributed by atoms with Crippen molar-refractivity contribution in [3.8, 4) is 17.2 Å². The van der Waals surface area contributed by atoms with Crippen molar-refractivity contribution in [3.05, 3.63) is 89.4 Å². The third-order valence-electron chi connectivity index (χ3n) is 6.29. The van der Waals surface area contributed by atoms with Crippen molar-refractivity contribution in [2.75, 3.05) is 27.9 Å². The number of hydrogen-bond donors (Lipinski definition) is 1. The van der Waals surface area contributed by atoms with Gasteiger partial charge in [0.15, 0.2) is 11.5 Å². The topological polar surface area (TPSA) is 61.7 Å². The van der Waals surface area contributed by atoms with Gasteiger partial charge in [-0.2, -0.15) is 0 Å². The van der Waals surface area contributed by atoms with Crippen molar-refractivity contribution in [1.29, 1.82) is 0 Å². The van der Waals surface area contributed by atoms with Crippen molar-refractivity contribution >= 4 is 16.8 Å². The van der Waals surface area contributed by atoms with Crippen LogP contribution in [0.3, 0.4) is 0 Å². The van der Waals surface area contributed by atoms with Crippen LogP contribution in [0.2, 0.25) is 0 Å². The molecule has 0 fully saturated rings. The first-order valence-corrected chi connectivity index (χ1v) is 11.9. The highest BCUT2D eigenvalue weighted by Crippen LogP contribution is 2.39. The molecule has 0 aliphatic carbocycles. The van der Waals surface area contributed by atoms with Crippen LogP contribution in [0.4, 0.5) is 4.39 Å². The van der Waals surface area contributed by atoms with E-state index in [1.165, 1.54) is 6.07 Å². The fraction of sp³-hybridized carbons (Fsp3) is 0.276. The van der Waals surface area contributed by atoms with Crippen LogP contribution < -0.4 is 19.5 Å². The lowest BCUT2D eigenvalue weighted by Gasteiger charge is -2.16. The summed E-state index contributed by atoms with van der Waals surface area (Å²) in [7, 11) is 4.73. The van der Waals surface area contributed by atoms with Crippen molar-refractivity contribution in [1.82, 2.24) is 9.88 Å². The Kier molecular flexibility index (Phi) is 8.10. The monoisotopic (exact) mass is 490 g/mol. The van der Waals surface area contributed by atoms with Gasteiger partial charge in [0, 0.05) is 41.2 Å². The summed E-state index contributed by atoms with van der Waals surface area (Å²) in [5, 5.41) is 4.08. The Hall–Kier alpha value is -4.00. The van der Waals surface area contributed by atoms with Crippen LogP contribution in [0.1, 0.15) is 23.1 Å². The third kappa shape index (κ3) is 5.46. The van der Waals surface area contributed by atoms with Crippen molar-refractivity contribution in [2.24, 2.45) is 0 Å². The molecule has 0 bridgehead atoms. The minimum absolute atomic E-state index is 0.0274. The van der Waals surface area contributed by atoms with Crippen molar-refractivity contribution < 1.29 is 23.4 Å². The van der Waals surface area contributed by atoms with E-state index in [9.17, 15) is 9.18 Å². The largest absolute Gasteiger partial charge is 0.493 e. The highest BCUT2D eigenvalue weighted by Gasteiger charge is 2.16. The lowest BCUT2D eigenvalue weighted by molar-refractivity contribution is -0.121. The number of rotatable bonds is 11. The lowest BCUT2D eigenvalue weighted by atomic mass is 10.1. The fourth-order valence-corrected chi connectivity index (χ4v) is 4.50. The van der Waals surface area contributed by atoms with Crippen LogP contribution in [-0.4, -0.2) is 38.3 Å². The Bertz CT molecular complexity index is 1350. The van der Waals surface area contributed by atoms with E-state index in [0.29, 0.717) is 55.2 Å². The lowest BCUT2D eigenvalue weighted by Crippen LogP contribution is -2.26. The molecule has 0 spiro atoms. The summed E-state index contributed by atoms with van der Waals surface area (Å²) in [6.07, 6.45) is 3.57. The standard InChI is InChI=1S/C29H31FN2O4/c1-34-26-14-12-20(28(35-2)29(26)36-3)16-17-31-27(33)15-13-21-18-32(25-11-7-5-9-23(21)25)19-22-8-4-6-10-24(22)30/h4-12,14,18H,13,15-17,19H2,1-3H3,(H,31,33). The number of aromatic nitrogens is 1. The van der Waals surface area contributed by atoms with Crippen LogP contribution in [0.15, 0.2) is 66.9 Å². The number of benzene rings is 3. The Labute approximate surface area is 210 Å². The molecule has 1 heterocycles. The number of nitrogens with one attached hydrogen (secondary N) is 1. The molecule has 0 aliphatic heterocycles. The summed E-state index contributed by atoms with van der Waals surface area (Å²) in [6, 6.07) is 18.6. The zero-order chi connectivity index (χ0) is 25.5. The van der Waals surface area contributed by atoms with Gasteiger partial charge in [0.2, 0.25) is 11.7 Å². The second-order valence-electron chi connectivity index (χ2n) is 8.48. The van der Waals surface area contributed by atoms with Gasteiger partial charge in [-0.15, -0.1) is 0 Å². The van der Waals surface area contributed by atoms with Gasteiger partial charge in [-0.3, -0.25) is 4.79 Å². The van der Waals surface area contributed by atoms with Gasteiger partial charge in [-0.1, -0.05) is 42.5 Å². The molecule has 3 aromatic carbocycles. The quantitative estimate of drug-likeness (QED) is 0.316. The van der Waals surface area contributed by atoms with E-state index >= 15 is 0 Å². The SMILES string of the molecule is COc1ccc(CCNC(=O)CCc2cn(Cc3ccccc3F)c3ccccc23)c(OC)c1OC. The van der Waals surface area contributed by atoms with Gasteiger partial charge in [-0.25, -0.2) is 4.39 Å². The average Bonchev–Trinajstić information content (AvgIpc) is 3.25. The van der Waals surface area contributed by atoms with Crippen molar-refractivity contribution in [2.45, 2.75) is 25.8 Å². The number of hydrogen-bond acceptors (Lipinski definition) is 4. The highest BCUT2D eigenvalue weighted by molar-refractivity contribution is 5.85. The summed E-state index contributed by atoms with van der Waals surface area (Å²) >= 11 is 0. The fourth-order valence-electron chi connectivity index (χ4n) is 4.50. The number of nitrogens with zero attached hydrogens (tertiary/aromatic N) is 1. The smallest absolute Gasteiger partial charge is 0.220 e. The minimum atomic E-state index is -0.220.